The number of carbonyl (C=O) groups is 2. The van der Waals surface area contributed by atoms with Crippen LogP contribution in [0.2, 0.25) is 0 Å². The molecule has 7 heteroatoms. The Kier molecular flexibility index (Phi) is 5.80. The van der Waals surface area contributed by atoms with Crippen molar-refractivity contribution >= 4 is 17.3 Å². The fourth-order valence-corrected chi connectivity index (χ4v) is 2.68. The maximum absolute atomic E-state index is 12.6. The molecule has 0 atom stereocenters. The van der Waals surface area contributed by atoms with Crippen molar-refractivity contribution in [2.75, 3.05) is 6.54 Å². The van der Waals surface area contributed by atoms with Crippen LogP contribution in [0.5, 0.6) is 0 Å². The summed E-state index contributed by atoms with van der Waals surface area (Å²) >= 11 is 0. The summed E-state index contributed by atoms with van der Waals surface area (Å²) in [6.07, 6.45) is 4.29. The van der Waals surface area contributed by atoms with Gasteiger partial charge in [0.1, 0.15) is 0 Å². The third-order valence-electron chi connectivity index (χ3n) is 4.13. The molecule has 0 radical (unpaired) electrons. The van der Waals surface area contributed by atoms with Gasteiger partial charge in [0.05, 0.1) is 17.8 Å². The van der Waals surface area contributed by atoms with Gasteiger partial charge in [0.15, 0.2) is 5.69 Å². The molecule has 0 aliphatic heterocycles. The van der Waals surface area contributed by atoms with Crippen LogP contribution in [0.3, 0.4) is 0 Å². The second-order valence-corrected chi connectivity index (χ2v) is 6.68. The molecule has 0 aromatic carbocycles. The smallest absolute Gasteiger partial charge is 0.287 e. The Balaban J connectivity index is 1.79. The average Bonchev–Trinajstić information content (AvgIpc) is 3.06. The van der Waals surface area contributed by atoms with Crippen molar-refractivity contribution < 1.29 is 9.59 Å². The molecule has 140 valence electrons. The van der Waals surface area contributed by atoms with Gasteiger partial charge in [-0.1, -0.05) is 26.0 Å². The molecule has 0 aliphatic carbocycles. The number of carbonyl (C=O) groups excluding carboxylic acids is 2. The van der Waals surface area contributed by atoms with Gasteiger partial charge >= 0.3 is 0 Å². The first kappa shape index (κ1) is 18.6. The first-order valence-electron chi connectivity index (χ1n) is 8.99. The van der Waals surface area contributed by atoms with Crippen molar-refractivity contribution in [3.05, 3.63) is 66.0 Å². The second-order valence-electron chi connectivity index (χ2n) is 6.68. The van der Waals surface area contributed by atoms with Crippen LogP contribution in [0.4, 0.5) is 0 Å². The van der Waals surface area contributed by atoms with E-state index < -0.39 is 0 Å². The molecule has 0 bridgehead atoms. The predicted octanol–water partition coefficient (Wildman–Crippen LogP) is 2.44. The molecule has 0 fully saturated rings. The van der Waals surface area contributed by atoms with E-state index in [0.29, 0.717) is 24.5 Å². The van der Waals surface area contributed by atoms with E-state index in [2.05, 4.69) is 34.4 Å². The van der Waals surface area contributed by atoms with Gasteiger partial charge in [-0.05, 0) is 36.6 Å². The van der Waals surface area contributed by atoms with E-state index in [-0.39, 0.29) is 23.3 Å². The molecule has 3 heterocycles. The van der Waals surface area contributed by atoms with Crippen molar-refractivity contribution in [2.24, 2.45) is 5.92 Å². The van der Waals surface area contributed by atoms with E-state index in [9.17, 15) is 9.59 Å². The molecule has 0 saturated heterocycles. The largest absolute Gasteiger partial charge is 0.349 e. The Morgan fingerprint density at radius 3 is 2.63 bits per heavy atom. The SMILES string of the molecule is CC(C)CCNC(=O)c1nc(C(=O)NCc2ccccn2)c2ccccn12. The zero-order valence-electron chi connectivity index (χ0n) is 15.5. The van der Waals surface area contributed by atoms with Crippen molar-refractivity contribution in [1.82, 2.24) is 25.0 Å². The maximum atomic E-state index is 12.6. The molecule has 3 aromatic rings. The van der Waals surface area contributed by atoms with Crippen LogP contribution in [0.15, 0.2) is 48.8 Å². The van der Waals surface area contributed by atoms with Gasteiger partial charge in [0.25, 0.3) is 11.8 Å². The van der Waals surface area contributed by atoms with Gasteiger partial charge in [0.2, 0.25) is 5.82 Å². The minimum absolute atomic E-state index is 0.206. The number of hydrogen-bond acceptors (Lipinski definition) is 4. The Hall–Kier alpha value is -3.22. The quantitative estimate of drug-likeness (QED) is 0.673. The molecular weight excluding hydrogens is 342 g/mol. The standard InChI is InChI=1S/C20H23N5O2/c1-14(2)9-11-22-20(27)18-24-17(16-8-4-6-12-25(16)18)19(26)23-13-15-7-3-5-10-21-15/h3-8,10,12,14H,9,11,13H2,1-2H3,(H,22,27)(H,23,26). The number of nitrogens with zero attached hydrogens (tertiary/aromatic N) is 3. The summed E-state index contributed by atoms with van der Waals surface area (Å²) in [6.45, 7) is 5.06. The van der Waals surface area contributed by atoms with E-state index in [1.54, 1.807) is 28.9 Å². The third-order valence-corrected chi connectivity index (χ3v) is 4.13. The highest BCUT2D eigenvalue weighted by Crippen LogP contribution is 2.13. The van der Waals surface area contributed by atoms with Crippen LogP contribution in [0.1, 0.15) is 47.1 Å². The number of hydrogen-bond donors (Lipinski definition) is 2. The summed E-state index contributed by atoms with van der Waals surface area (Å²) in [4.78, 5) is 33.6. The van der Waals surface area contributed by atoms with Gasteiger partial charge in [-0.25, -0.2) is 4.98 Å². The predicted molar refractivity (Wildman–Crippen MR) is 102 cm³/mol. The van der Waals surface area contributed by atoms with Crippen LogP contribution in [0, 0.1) is 5.92 Å². The Morgan fingerprint density at radius 2 is 1.89 bits per heavy atom. The van der Waals surface area contributed by atoms with E-state index in [1.807, 2.05) is 24.3 Å². The molecular formula is C20H23N5O2. The van der Waals surface area contributed by atoms with Gasteiger partial charge in [-0.15, -0.1) is 0 Å². The number of nitrogens with one attached hydrogen (secondary N) is 2. The highest BCUT2D eigenvalue weighted by atomic mass is 16.2. The number of fused-ring (bicyclic) bond motifs is 1. The van der Waals surface area contributed by atoms with Crippen molar-refractivity contribution in [3.8, 4) is 0 Å². The molecule has 7 nitrogen and oxygen atoms in total. The van der Waals surface area contributed by atoms with E-state index in [0.717, 1.165) is 12.1 Å². The zero-order chi connectivity index (χ0) is 19.2. The van der Waals surface area contributed by atoms with Gasteiger partial charge in [-0.3, -0.25) is 19.0 Å². The lowest BCUT2D eigenvalue weighted by atomic mass is 10.1. The first-order valence-corrected chi connectivity index (χ1v) is 8.99. The number of amides is 2. The third kappa shape index (κ3) is 4.49. The number of rotatable bonds is 7. The molecule has 0 saturated carbocycles. The molecule has 2 amide bonds. The fourth-order valence-electron chi connectivity index (χ4n) is 2.68. The van der Waals surface area contributed by atoms with E-state index >= 15 is 0 Å². The van der Waals surface area contributed by atoms with Crippen molar-refractivity contribution in [1.29, 1.82) is 0 Å². The highest BCUT2D eigenvalue weighted by molar-refractivity contribution is 6.02. The minimum Gasteiger partial charge on any atom is -0.349 e. The number of pyridine rings is 2. The lowest BCUT2D eigenvalue weighted by Gasteiger charge is -2.06. The molecule has 3 aromatic heterocycles. The van der Waals surface area contributed by atoms with Crippen LogP contribution in [-0.4, -0.2) is 32.7 Å². The van der Waals surface area contributed by atoms with Gasteiger partial charge in [-0.2, -0.15) is 0 Å². The number of imidazole rings is 1. The maximum Gasteiger partial charge on any atom is 0.287 e. The van der Waals surface area contributed by atoms with Crippen LogP contribution in [-0.2, 0) is 6.54 Å². The Morgan fingerprint density at radius 1 is 1.07 bits per heavy atom. The Bertz CT molecular complexity index is 934. The normalized spacial score (nSPS) is 10.9. The lowest BCUT2D eigenvalue weighted by molar-refractivity contribution is 0.0941. The average molecular weight is 365 g/mol. The summed E-state index contributed by atoms with van der Waals surface area (Å²) < 4.78 is 1.64. The van der Waals surface area contributed by atoms with Gasteiger partial charge < -0.3 is 10.6 Å². The monoisotopic (exact) mass is 365 g/mol. The molecule has 0 spiro atoms. The van der Waals surface area contributed by atoms with Crippen LogP contribution in [0.25, 0.3) is 5.52 Å². The van der Waals surface area contributed by atoms with Crippen molar-refractivity contribution in [3.63, 3.8) is 0 Å². The zero-order valence-corrected chi connectivity index (χ0v) is 15.5. The molecule has 2 N–H and O–H groups in total. The fraction of sp³-hybridized carbons (Fsp3) is 0.300. The molecule has 3 rings (SSSR count). The molecule has 0 aliphatic rings. The molecule has 0 unspecified atom stereocenters. The summed E-state index contributed by atoms with van der Waals surface area (Å²) in [5.41, 5.74) is 1.56. The highest BCUT2D eigenvalue weighted by Gasteiger charge is 2.21. The van der Waals surface area contributed by atoms with Gasteiger partial charge in [0, 0.05) is 18.9 Å². The summed E-state index contributed by atoms with van der Waals surface area (Å²) in [7, 11) is 0. The van der Waals surface area contributed by atoms with Crippen molar-refractivity contribution in [2.45, 2.75) is 26.8 Å². The summed E-state index contributed by atoms with van der Waals surface area (Å²) in [5, 5.41) is 5.68. The molecule has 27 heavy (non-hydrogen) atoms. The van der Waals surface area contributed by atoms with Crippen LogP contribution < -0.4 is 10.6 Å². The summed E-state index contributed by atoms with van der Waals surface area (Å²) in [6, 6.07) is 10.9. The van der Waals surface area contributed by atoms with E-state index in [4.69, 9.17) is 0 Å². The van der Waals surface area contributed by atoms with E-state index in [1.165, 1.54) is 0 Å². The Labute approximate surface area is 157 Å². The lowest BCUT2D eigenvalue weighted by Crippen LogP contribution is -2.27. The topological polar surface area (TPSA) is 88.4 Å². The number of aromatic nitrogens is 3. The summed E-state index contributed by atoms with van der Waals surface area (Å²) in [5.74, 6) is 0.0683. The minimum atomic E-state index is -0.342. The van der Waals surface area contributed by atoms with Crippen LogP contribution >= 0.6 is 0 Å². The first-order chi connectivity index (χ1) is 13.1. The second kappa shape index (κ2) is 8.44.